The van der Waals surface area contributed by atoms with E-state index in [0.29, 0.717) is 18.0 Å². The van der Waals surface area contributed by atoms with Crippen LogP contribution in [0.2, 0.25) is 0 Å². The van der Waals surface area contributed by atoms with E-state index in [1.165, 1.54) is 17.0 Å². The van der Waals surface area contributed by atoms with Gasteiger partial charge in [0.15, 0.2) is 0 Å². The molecule has 2 heterocycles. The molecule has 1 aromatic carbocycles. The first-order valence-corrected chi connectivity index (χ1v) is 8.25. The molecule has 7 heteroatoms. The third-order valence-electron chi connectivity index (χ3n) is 4.13. The van der Waals surface area contributed by atoms with Gasteiger partial charge < -0.3 is 14.8 Å². The lowest BCUT2D eigenvalue weighted by Gasteiger charge is -2.12. The Hall–Kier alpha value is -2.67. The second-order valence-corrected chi connectivity index (χ2v) is 5.88. The van der Waals surface area contributed by atoms with Crippen molar-refractivity contribution in [3.05, 3.63) is 47.0 Å². The highest BCUT2D eigenvalue weighted by Crippen LogP contribution is 2.26. The number of amides is 1. The summed E-state index contributed by atoms with van der Waals surface area (Å²) in [5.74, 6) is 0.408. The van der Waals surface area contributed by atoms with E-state index in [2.05, 4.69) is 10.3 Å². The Balaban J connectivity index is 1.67. The molecule has 1 amide bonds. The summed E-state index contributed by atoms with van der Waals surface area (Å²) in [4.78, 5) is 28.6. The molecule has 1 saturated heterocycles. The van der Waals surface area contributed by atoms with Gasteiger partial charge in [-0.25, -0.2) is 4.98 Å². The summed E-state index contributed by atoms with van der Waals surface area (Å²) in [5.41, 5.74) is 0.957. The molecule has 1 fully saturated rings. The molecule has 1 N–H and O–H groups in total. The number of hydrogen-bond donors (Lipinski definition) is 1. The Labute approximate surface area is 145 Å². The first kappa shape index (κ1) is 17.2. The van der Waals surface area contributed by atoms with Crippen LogP contribution in [-0.4, -0.2) is 41.8 Å². The van der Waals surface area contributed by atoms with Gasteiger partial charge in [0, 0.05) is 24.8 Å². The third kappa shape index (κ3) is 4.24. The van der Waals surface area contributed by atoms with Crippen molar-refractivity contribution in [1.82, 2.24) is 14.9 Å². The van der Waals surface area contributed by atoms with E-state index < -0.39 is 0 Å². The lowest BCUT2D eigenvalue weighted by atomic mass is 10.1. The van der Waals surface area contributed by atoms with Crippen LogP contribution in [-0.2, 0) is 16.1 Å². The smallest absolute Gasteiger partial charge is 0.254 e. The molecule has 25 heavy (non-hydrogen) atoms. The number of para-hydroxylation sites is 1. The molecule has 2 aromatic rings. The van der Waals surface area contributed by atoms with E-state index in [0.717, 1.165) is 25.0 Å². The number of ether oxygens (including phenoxy) is 2. The molecule has 0 saturated carbocycles. The molecule has 0 bridgehead atoms. The van der Waals surface area contributed by atoms with Crippen molar-refractivity contribution in [2.75, 3.05) is 20.3 Å². The quantitative estimate of drug-likeness (QED) is 0.853. The van der Waals surface area contributed by atoms with Crippen LogP contribution in [0.5, 0.6) is 5.75 Å². The molecule has 0 spiro atoms. The molecule has 1 aliphatic rings. The van der Waals surface area contributed by atoms with Crippen LogP contribution < -0.4 is 15.6 Å². The predicted molar refractivity (Wildman–Crippen MR) is 92.5 cm³/mol. The largest absolute Gasteiger partial charge is 0.496 e. The first-order chi connectivity index (χ1) is 12.2. The number of hydrogen-bond acceptors (Lipinski definition) is 5. The van der Waals surface area contributed by atoms with Gasteiger partial charge in [-0.15, -0.1) is 0 Å². The van der Waals surface area contributed by atoms with Crippen molar-refractivity contribution < 1.29 is 14.3 Å². The minimum absolute atomic E-state index is 0.0647. The highest BCUT2D eigenvalue weighted by Gasteiger charge is 2.16. The van der Waals surface area contributed by atoms with Gasteiger partial charge in [0.25, 0.3) is 5.56 Å². The summed E-state index contributed by atoms with van der Waals surface area (Å²) in [6.45, 7) is 1.15. The fourth-order valence-electron chi connectivity index (χ4n) is 2.79. The molecule has 1 unspecified atom stereocenters. The molecular formula is C18H21N3O4. The first-order valence-electron chi connectivity index (χ1n) is 8.25. The van der Waals surface area contributed by atoms with Gasteiger partial charge in [-0.05, 0) is 25.0 Å². The number of aromatic nitrogens is 2. The minimum Gasteiger partial charge on any atom is -0.496 e. The topological polar surface area (TPSA) is 82.5 Å². The number of methoxy groups -OCH3 is 1. The van der Waals surface area contributed by atoms with Crippen molar-refractivity contribution in [2.24, 2.45) is 0 Å². The Kier molecular flexibility index (Phi) is 5.45. The van der Waals surface area contributed by atoms with Gasteiger partial charge in [0.2, 0.25) is 5.91 Å². The zero-order valence-electron chi connectivity index (χ0n) is 14.1. The molecule has 0 radical (unpaired) electrons. The molecular weight excluding hydrogens is 322 g/mol. The maximum absolute atomic E-state index is 12.3. The second-order valence-electron chi connectivity index (χ2n) is 5.88. The lowest BCUT2D eigenvalue weighted by Crippen LogP contribution is -2.36. The van der Waals surface area contributed by atoms with E-state index in [4.69, 9.17) is 9.47 Å². The summed E-state index contributed by atoms with van der Waals surface area (Å²) in [6.07, 6.45) is 3.44. The van der Waals surface area contributed by atoms with Crippen LogP contribution in [0.1, 0.15) is 12.8 Å². The lowest BCUT2D eigenvalue weighted by molar-refractivity contribution is -0.122. The SMILES string of the molecule is COc1ccccc1-c1cc(=O)n(CC(=O)NCC2CCCO2)cn1. The number of carbonyl (C=O) groups excluding carboxylic acids is 1. The Morgan fingerprint density at radius 1 is 1.44 bits per heavy atom. The molecule has 132 valence electrons. The highest BCUT2D eigenvalue weighted by atomic mass is 16.5. The zero-order valence-corrected chi connectivity index (χ0v) is 14.1. The standard InChI is InChI=1S/C18H21N3O4/c1-24-16-7-3-2-6-14(16)15-9-18(23)21(12-20-15)11-17(22)19-10-13-5-4-8-25-13/h2-3,6-7,9,12-13H,4-5,8,10-11H2,1H3,(H,19,22). The Bertz CT molecular complexity index is 797. The van der Waals surface area contributed by atoms with Gasteiger partial charge in [0.1, 0.15) is 12.3 Å². The van der Waals surface area contributed by atoms with E-state index in [9.17, 15) is 9.59 Å². The summed E-state index contributed by atoms with van der Waals surface area (Å²) in [7, 11) is 1.57. The van der Waals surface area contributed by atoms with Gasteiger partial charge in [0.05, 0.1) is 25.2 Å². The van der Waals surface area contributed by atoms with Crippen molar-refractivity contribution in [3.8, 4) is 17.0 Å². The zero-order chi connectivity index (χ0) is 17.6. The average molecular weight is 343 g/mol. The van der Waals surface area contributed by atoms with Crippen LogP contribution in [0.3, 0.4) is 0 Å². The van der Waals surface area contributed by atoms with Crippen LogP contribution in [0.4, 0.5) is 0 Å². The van der Waals surface area contributed by atoms with E-state index in [1.807, 2.05) is 18.2 Å². The monoisotopic (exact) mass is 343 g/mol. The Morgan fingerprint density at radius 3 is 3.00 bits per heavy atom. The van der Waals surface area contributed by atoms with Crippen LogP contribution in [0.25, 0.3) is 11.3 Å². The summed E-state index contributed by atoms with van der Waals surface area (Å²) < 4.78 is 12.0. The highest BCUT2D eigenvalue weighted by molar-refractivity contribution is 5.75. The molecule has 3 rings (SSSR count). The average Bonchev–Trinajstić information content (AvgIpc) is 3.15. The summed E-state index contributed by atoms with van der Waals surface area (Å²) in [5, 5.41) is 2.79. The van der Waals surface area contributed by atoms with E-state index in [1.54, 1.807) is 13.2 Å². The van der Waals surface area contributed by atoms with Crippen LogP contribution in [0.15, 0.2) is 41.5 Å². The molecule has 1 atom stereocenters. The Morgan fingerprint density at radius 2 is 2.28 bits per heavy atom. The number of benzene rings is 1. The number of carbonyl (C=O) groups is 1. The normalized spacial score (nSPS) is 16.6. The van der Waals surface area contributed by atoms with Crippen molar-refractivity contribution in [1.29, 1.82) is 0 Å². The molecule has 0 aliphatic carbocycles. The molecule has 7 nitrogen and oxygen atoms in total. The van der Waals surface area contributed by atoms with Crippen molar-refractivity contribution >= 4 is 5.91 Å². The maximum Gasteiger partial charge on any atom is 0.254 e. The van der Waals surface area contributed by atoms with Gasteiger partial charge in [-0.3, -0.25) is 14.2 Å². The maximum atomic E-state index is 12.3. The number of rotatable bonds is 6. The number of nitrogens with zero attached hydrogens (tertiary/aromatic N) is 2. The van der Waals surface area contributed by atoms with Crippen molar-refractivity contribution in [2.45, 2.75) is 25.5 Å². The van der Waals surface area contributed by atoms with E-state index in [-0.39, 0.29) is 24.1 Å². The van der Waals surface area contributed by atoms with Crippen LogP contribution >= 0.6 is 0 Å². The van der Waals surface area contributed by atoms with Gasteiger partial charge in [-0.2, -0.15) is 0 Å². The second kappa shape index (κ2) is 7.94. The fraction of sp³-hybridized carbons (Fsp3) is 0.389. The third-order valence-corrected chi connectivity index (χ3v) is 4.13. The van der Waals surface area contributed by atoms with Gasteiger partial charge in [-0.1, -0.05) is 12.1 Å². The fourth-order valence-corrected chi connectivity index (χ4v) is 2.79. The molecule has 1 aliphatic heterocycles. The molecule has 1 aromatic heterocycles. The number of nitrogens with one attached hydrogen (secondary N) is 1. The minimum atomic E-state index is -0.289. The van der Waals surface area contributed by atoms with Gasteiger partial charge >= 0.3 is 0 Å². The van der Waals surface area contributed by atoms with Crippen LogP contribution in [0, 0.1) is 0 Å². The predicted octanol–water partition coefficient (Wildman–Crippen LogP) is 1.21. The summed E-state index contributed by atoms with van der Waals surface area (Å²) >= 11 is 0. The van der Waals surface area contributed by atoms with E-state index >= 15 is 0 Å². The van der Waals surface area contributed by atoms with Crippen molar-refractivity contribution in [3.63, 3.8) is 0 Å². The summed E-state index contributed by atoms with van der Waals surface area (Å²) in [6, 6.07) is 8.75.